The molecule has 0 radical (unpaired) electrons. The molecule has 0 saturated carbocycles. The minimum absolute atomic E-state index is 0.0902. The summed E-state index contributed by atoms with van der Waals surface area (Å²) in [4.78, 5) is 24.2. The third kappa shape index (κ3) is 5.23. The second-order valence-electron chi connectivity index (χ2n) is 9.11. The molecule has 1 fully saturated rings. The Morgan fingerprint density at radius 3 is 2.67 bits per heavy atom. The van der Waals surface area contributed by atoms with E-state index in [2.05, 4.69) is 25.5 Å². The molecule has 1 aliphatic heterocycles. The number of aromatic nitrogens is 2. The number of ether oxygens (including phenoxy) is 1. The number of carbonyl (C=O) groups is 1. The highest BCUT2D eigenvalue weighted by Gasteiger charge is 2.14. The first kappa shape index (κ1) is 23.6. The number of fused-ring (bicyclic) bond motifs is 1. The molecule has 184 valence electrons. The van der Waals surface area contributed by atoms with Crippen LogP contribution in [0.2, 0.25) is 0 Å². The lowest BCUT2D eigenvalue weighted by atomic mass is 10.00. The van der Waals surface area contributed by atoms with Crippen molar-refractivity contribution in [3.05, 3.63) is 72.4 Å². The smallest absolute Gasteiger partial charge is 0.255 e. The van der Waals surface area contributed by atoms with E-state index >= 15 is 0 Å². The fourth-order valence-corrected chi connectivity index (χ4v) is 4.26. The van der Waals surface area contributed by atoms with E-state index in [1.54, 1.807) is 24.4 Å². The maximum absolute atomic E-state index is 13.1. The standard InChI is InChI=1S/C28H29N5O3/c1-18(2)30-28-29-17-21-14-24(26(34)16-25(21)32-28)19-5-3-6-20(13-19)27(35)31-22-7-4-8-23(15-22)33-9-11-36-12-10-33/h3-8,13-18,34H,9-12H2,1-2H3,(H,31,35)(H,29,30,32). The summed E-state index contributed by atoms with van der Waals surface area (Å²) >= 11 is 0. The zero-order chi connectivity index (χ0) is 25.1. The lowest BCUT2D eigenvalue weighted by molar-refractivity contribution is 0.102. The SMILES string of the molecule is CC(C)Nc1ncc2cc(-c3cccc(C(=O)Nc4cccc(N5CCOCC5)c4)c3)c(O)cc2n1. The molecule has 1 aromatic heterocycles. The summed E-state index contributed by atoms with van der Waals surface area (Å²) in [6, 6.07) is 18.7. The van der Waals surface area contributed by atoms with Gasteiger partial charge in [0.25, 0.3) is 5.91 Å². The Balaban J connectivity index is 1.37. The maximum Gasteiger partial charge on any atom is 0.255 e. The van der Waals surface area contributed by atoms with Gasteiger partial charge in [0.2, 0.25) is 5.95 Å². The third-order valence-corrected chi connectivity index (χ3v) is 6.03. The van der Waals surface area contributed by atoms with Crippen molar-refractivity contribution in [1.29, 1.82) is 0 Å². The summed E-state index contributed by atoms with van der Waals surface area (Å²) < 4.78 is 5.43. The lowest BCUT2D eigenvalue weighted by Crippen LogP contribution is -2.36. The number of phenolic OH excluding ortho intramolecular Hbond substituents is 1. The van der Waals surface area contributed by atoms with E-state index in [0.717, 1.165) is 35.4 Å². The number of aromatic hydroxyl groups is 1. The number of hydrogen-bond donors (Lipinski definition) is 3. The summed E-state index contributed by atoms with van der Waals surface area (Å²) in [5.41, 5.74) is 4.26. The van der Waals surface area contributed by atoms with Gasteiger partial charge in [-0.25, -0.2) is 9.97 Å². The fourth-order valence-electron chi connectivity index (χ4n) is 4.26. The van der Waals surface area contributed by atoms with Crippen molar-refractivity contribution < 1.29 is 14.6 Å². The van der Waals surface area contributed by atoms with E-state index in [9.17, 15) is 9.90 Å². The monoisotopic (exact) mass is 483 g/mol. The number of rotatable bonds is 6. The first-order valence-corrected chi connectivity index (χ1v) is 12.1. The molecule has 1 amide bonds. The molecule has 8 nitrogen and oxygen atoms in total. The highest BCUT2D eigenvalue weighted by molar-refractivity contribution is 6.05. The molecule has 5 rings (SSSR count). The normalized spacial score (nSPS) is 13.7. The van der Waals surface area contributed by atoms with E-state index in [1.165, 1.54) is 0 Å². The van der Waals surface area contributed by atoms with Gasteiger partial charge in [0.1, 0.15) is 5.75 Å². The zero-order valence-corrected chi connectivity index (χ0v) is 20.4. The van der Waals surface area contributed by atoms with Crippen LogP contribution in [0.4, 0.5) is 17.3 Å². The largest absolute Gasteiger partial charge is 0.507 e. The molecule has 4 aromatic rings. The first-order valence-electron chi connectivity index (χ1n) is 12.1. The van der Waals surface area contributed by atoms with Crippen LogP contribution in [0.3, 0.4) is 0 Å². The van der Waals surface area contributed by atoms with Crippen molar-refractivity contribution in [2.24, 2.45) is 0 Å². The molecular formula is C28H29N5O3. The van der Waals surface area contributed by atoms with Gasteiger partial charge in [0, 0.05) is 59.3 Å². The van der Waals surface area contributed by atoms with E-state index < -0.39 is 0 Å². The van der Waals surface area contributed by atoms with Crippen LogP contribution in [0, 0.1) is 0 Å². The van der Waals surface area contributed by atoms with E-state index in [4.69, 9.17) is 4.74 Å². The summed E-state index contributed by atoms with van der Waals surface area (Å²) in [5, 5.41) is 17.7. The Morgan fingerprint density at radius 1 is 1.06 bits per heavy atom. The van der Waals surface area contributed by atoms with Crippen LogP contribution >= 0.6 is 0 Å². The van der Waals surface area contributed by atoms with Gasteiger partial charge in [-0.3, -0.25) is 4.79 Å². The van der Waals surface area contributed by atoms with Crippen LogP contribution in [0.15, 0.2) is 66.9 Å². The third-order valence-electron chi connectivity index (χ3n) is 6.03. The van der Waals surface area contributed by atoms with Crippen molar-refractivity contribution in [3.8, 4) is 16.9 Å². The molecule has 3 aromatic carbocycles. The van der Waals surface area contributed by atoms with Crippen molar-refractivity contribution in [2.75, 3.05) is 41.8 Å². The molecule has 2 heterocycles. The average Bonchev–Trinajstić information content (AvgIpc) is 2.88. The van der Waals surface area contributed by atoms with Crippen LogP contribution < -0.4 is 15.5 Å². The second kappa shape index (κ2) is 10.2. The molecule has 36 heavy (non-hydrogen) atoms. The highest BCUT2D eigenvalue weighted by atomic mass is 16.5. The molecule has 0 unspecified atom stereocenters. The van der Waals surface area contributed by atoms with Gasteiger partial charge in [0.15, 0.2) is 0 Å². The topological polar surface area (TPSA) is 99.6 Å². The first-order chi connectivity index (χ1) is 17.5. The van der Waals surface area contributed by atoms with Crippen LogP contribution in [-0.4, -0.2) is 53.3 Å². The molecule has 0 spiro atoms. The van der Waals surface area contributed by atoms with Crippen LogP contribution in [0.5, 0.6) is 5.75 Å². The number of hydrogen-bond acceptors (Lipinski definition) is 7. The quantitative estimate of drug-likeness (QED) is 0.358. The number of phenols is 1. The van der Waals surface area contributed by atoms with E-state index in [0.29, 0.717) is 35.8 Å². The molecule has 0 atom stereocenters. The minimum Gasteiger partial charge on any atom is -0.507 e. The molecule has 0 aliphatic carbocycles. The van der Waals surface area contributed by atoms with Crippen molar-refractivity contribution in [1.82, 2.24) is 9.97 Å². The Bertz CT molecular complexity index is 1400. The van der Waals surface area contributed by atoms with Crippen LogP contribution in [0.1, 0.15) is 24.2 Å². The van der Waals surface area contributed by atoms with Crippen molar-refractivity contribution in [3.63, 3.8) is 0 Å². The highest BCUT2D eigenvalue weighted by Crippen LogP contribution is 2.33. The number of carbonyl (C=O) groups excluding carboxylic acids is 1. The number of benzene rings is 3. The van der Waals surface area contributed by atoms with Gasteiger partial charge >= 0.3 is 0 Å². The molecule has 1 aliphatic rings. The predicted octanol–water partition coefficient (Wildman–Crippen LogP) is 4.91. The average molecular weight is 484 g/mol. The Hall–Kier alpha value is -4.17. The lowest BCUT2D eigenvalue weighted by Gasteiger charge is -2.29. The fraction of sp³-hybridized carbons (Fsp3) is 0.250. The van der Waals surface area contributed by atoms with E-state index in [-0.39, 0.29) is 17.7 Å². The molecule has 0 bridgehead atoms. The van der Waals surface area contributed by atoms with Gasteiger partial charge < -0.3 is 25.4 Å². The Morgan fingerprint density at radius 2 is 1.86 bits per heavy atom. The predicted molar refractivity (Wildman–Crippen MR) is 143 cm³/mol. The number of anilines is 3. The van der Waals surface area contributed by atoms with Gasteiger partial charge in [-0.1, -0.05) is 18.2 Å². The van der Waals surface area contributed by atoms with Gasteiger partial charge in [-0.05, 0) is 55.8 Å². The van der Waals surface area contributed by atoms with Crippen LogP contribution in [0.25, 0.3) is 22.0 Å². The molecule has 1 saturated heterocycles. The van der Waals surface area contributed by atoms with Gasteiger partial charge in [-0.15, -0.1) is 0 Å². The maximum atomic E-state index is 13.1. The summed E-state index contributed by atoms with van der Waals surface area (Å²) in [7, 11) is 0. The zero-order valence-electron chi connectivity index (χ0n) is 20.4. The Labute approximate surface area is 210 Å². The van der Waals surface area contributed by atoms with Gasteiger partial charge in [-0.2, -0.15) is 0 Å². The van der Waals surface area contributed by atoms with Gasteiger partial charge in [0.05, 0.1) is 18.7 Å². The van der Waals surface area contributed by atoms with Crippen LogP contribution in [-0.2, 0) is 4.74 Å². The number of nitrogens with zero attached hydrogens (tertiary/aromatic N) is 3. The van der Waals surface area contributed by atoms with Crippen molar-refractivity contribution >= 4 is 34.1 Å². The summed E-state index contributed by atoms with van der Waals surface area (Å²) in [6.45, 7) is 7.08. The second-order valence-corrected chi connectivity index (χ2v) is 9.11. The molecule has 8 heteroatoms. The Kier molecular flexibility index (Phi) is 6.69. The number of amides is 1. The molecular weight excluding hydrogens is 454 g/mol. The van der Waals surface area contributed by atoms with Crippen molar-refractivity contribution in [2.45, 2.75) is 19.9 Å². The summed E-state index contributed by atoms with van der Waals surface area (Å²) in [6.07, 6.45) is 1.73. The summed E-state index contributed by atoms with van der Waals surface area (Å²) in [5.74, 6) is 0.387. The van der Waals surface area contributed by atoms with E-state index in [1.807, 2.05) is 56.3 Å². The number of nitrogens with one attached hydrogen (secondary N) is 2. The minimum atomic E-state index is -0.219. The number of morpholine rings is 1. The molecule has 3 N–H and O–H groups in total.